The van der Waals surface area contributed by atoms with Gasteiger partial charge in [0.05, 0.1) is 23.1 Å². The van der Waals surface area contributed by atoms with Crippen LogP contribution in [0.5, 0.6) is 11.5 Å². The molecule has 2 aromatic carbocycles. The first kappa shape index (κ1) is 23.1. The van der Waals surface area contributed by atoms with Crippen molar-refractivity contribution in [3.63, 3.8) is 0 Å². The lowest BCUT2D eigenvalue weighted by atomic mass is 10.3. The maximum Gasteiger partial charge on any atom is 0.236 e. The number of carbonyl (C=O) groups excluding carboxylic acids is 1. The molecular weight excluding hydrogens is 458 g/mol. The molecule has 2 heterocycles. The number of nitrogens with zero attached hydrogens (tertiary/aromatic N) is 4. The zero-order valence-electron chi connectivity index (χ0n) is 18.8. The third-order valence-corrected chi connectivity index (χ3v) is 6.71. The first-order valence-electron chi connectivity index (χ1n) is 10.5. The topological polar surface area (TPSA) is 91.2 Å². The van der Waals surface area contributed by atoms with Crippen LogP contribution >= 0.6 is 23.1 Å². The molecular formula is C23H25N5O3S2. The average Bonchev–Trinajstić information content (AvgIpc) is 3.42. The summed E-state index contributed by atoms with van der Waals surface area (Å²) in [7, 11) is 1.63. The number of aromatic nitrogens is 4. The van der Waals surface area contributed by atoms with Gasteiger partial charge in [-0.1, -0.05) is 35.2 Å². The van der Waals surface area contributed by atoms with Crippen molar-refractivity contribution in [2.45, 2.75) is 38.1 Å². The van der Waals surface area contributed by atoms with Gasteiger partial charge in [0.25, 0.3) is 0 Å². The third kappa shape index (κ3) is 5.45. The summed E-state index contributed by atoms with van der Waals surface area (Å²) in [6.07, 6.45) is -0.320. The molecule has 1 unspecified atom stereocenters. The van der Waals surface area contributed by atoms with E-state index in [1.165, 1.54) is 23.1 Å². The SMILES string of the molecule is COc1ccc(OC(C)c2nnc(SCC(=O)Nc3nc4ccccc4s3)n2C(C)C)cc1. The number of para-hydroxylation sites is 1. The van der Waals surface area contributed by atoms with E-state index in [2.05, 4.69) is 34.3 Å². The Labute approximate surface area is 200 Å². The number of anilines is 1. The van der Waals surface area contributed by atoms with Crippen LogP contribution in [0, 0.1) is 0 Å². The van der Waals surface area contributed by atoms with Crippen molar-refractivity contribution in [1.82, 2.24) is 19.7 Å². The average molecular weight is 484 g/mol. The van der Waals surface area contributed by atoms with Crippen molar-refractivity contribution < 1.29 is 14.3 Å². The molecule has 0 aliphatic rings. The molecule has 172 valence electrons. The molecule has 8 nitrogen and oxygen atoms in total. The summed E-state index contributed by atoms with van der Waals surface area (Å²) in [6.45, 7) is 6.04. The van der Waals surface area contributed by atoms with Gasteiger partial charge in [-0.15, -0.1) is 10.2 Å². The standard InChI is InChI=1S/C23H25N5O3S2/c1-14(2)28-21(15(3)31-17-11-9-16(30-4)10-12-17)26-27-23(28)32-13-20(29)25-22-24-18-7-5-6-8-19(18)33-22/h5-12,14-15H,13H2,1-4H3,(H,24,25,29). The van der Waals surface area contributed by atoms with Gasteiger partial charge in [-0.25, -0.2) is 4.98 Å². The Hall–Kier alpha value is -3.11. The minimum absolute atomic E-state index is 0.103. The van der Waals surface area contributed by atoms with E-state index in [4.69, 9.17) is 9.47 Å². The van der Waals surface area contributed by atoms with E-state index in [0.717, 1.165) is 16.0 Å². The number of ether oxygens (including phenoxy) is 2. The number of nitrogens with one attached hydrogen (secondary N) is 1. The van der Waals surface area contributed by atoms with Crippen LogP contribution in [0.4, 0.5) is 5.13 Å². The van der Waals surface area contributed by atoms with Gasteiger partial charge in [-0.2, -0.15) is 0 Å². The summed E-state index contributed by atoms with van der Waals surface area (Å²) in [5, 5.41) is 12.8. The number of fused-ring (bicyclic) bond motifs is 1. The molecule has 0 aliphatic heterocycles. The summed E-state index contributed by atoms with van der Waals surface area (Å²) >= 11 is 2.80. The van der Waals surface area contributed by atoms with Gasteiger partial charge in [0.2, 0.25) is 5.91 Å². The second-order valence-corrected chi connectivity index (χ2v) is 9.54. The Morgan fingerprint density at radius 1 is 1.09 bits per heavy atom. The summed E-state index contributed by atoms with van der Waals surface area (Å²) in [5.74, 6) is 2.25. The van der Waals surface area contributed by atoms with E-state index in [1.54, 1.807) is 7.11 Å². The molecule has 0 bridgehead atoms. The molecule has 0 saturated carbocycles. The largest absolute Gasteiger partial charge is 0.497 e. The molecule has 1 atom stereocenters. The lowest BCUT2D eigenvalue weighted by molar-refractivity contribution is -0.113. The summed E-state index contributed by atoms with van der Waals surface area (Å²) < 4.78 is 14.3. The van der Waals surface area contributed by atoms with Gasteiger partial charge in [0, 0.05) is 6.04 Å². The molecule has 1 amide bonds. The fraction of sp³-hybridized carbons (Fsp3) is 0.304. The number of rotatable bonds is 9. The summed E-state index contributed by atoms with van der Waals surface area (Å²) in [4.78, 5) is 17.0. The van der Waals surface area contributed by atoms with Crippen LogP contribution in [-0.4, -0.2) is 38.5 Å². The number of thiazole rings is 1. The molecule has 0 fully saturated rings. The van der Waals surface area contributed by atoms with E-state index in [9.17, 15) is 4.79 Å². The van der Waals surface area contributed by atoms with E-state index in [0.29, 0.717) is 21.9 Å². The predicted octanol–water partition coefficient (Wildman–Crippen LogP) is 5.35. The van der Waals surface area contributed by atoms with Crippen LogP contribution < -0.4 is 14.8 Å². The Bertz CT molecular complexity index is 1200. The Kier molecular flexibility index (Phi) is 7.14. The van der Waals surface area contributed by atoms with Crippen LogP contribution in [0.15, 0.2) is 53.7 Å². The fourth-order valence-electron chi connectivity index (χ4n) is 3.27. The Morgan fingerprint density at radius 2 is 1.82 bits per heavy atom. The van der Waals surface area contributed by atoms with E-state index in [-0.39, 0.29) is 23.8 Å². The van der Waals surface area contributed by atoms with Crippen molar-refractivity contribution in [3.8, 4) is 11.5 Å². The van der Waals surface area contributed by atoms with E-state index >= 15 is 0 Å². The molecule has 0 aliphatic carbocycles. The van der Waals surface area contributed by atoms with Crippen molar-refractivity contribution in [2.24, 2.45) is 0 Å². The molecule has 10 heteroatoms. The number of amides is 1. The van der Waals surface area contributed by atoms with E-state index in [1.807, 2.05) is 60.0 Å². The molecule has 0 radical (unpaired) electrons. The number of carbonyl (C=O) groups is 1. The number of hydrogen-bond donors (Lipinski definition) is 1. The van der Waals surface area contributed by atoms with Gasteiger partial charge >= 0.3 is 0 Å². The first-order chi connectivity index (χ1) is 15.9. The molecule has 4 rings (SSSR count). The van der Waals surface area contributed by atoms with Crippen molar-refractivity contribution in [3.05, 3.63) is 54.4 Å². The smallest absolute Gasteiger partial charge is 0.236 e. The Morgan fingerprint density at radius 3 is 2.52 bits per heavy atom. The van der Waals surface area contributed by atoms with Crippen molar-refractivity contribution in [1.29, 1.82) is 0 Å². The second-order valence-electron chi connectivity index (χ2n) is 7.56. The fourth-order valence-corrected chi connectivity index (χ4v) is 5.03. The highest BCUT2D eigenvalue weighted by molar-refractivity contribution is 7.99. The number of hydrogen-bond acceptors (Lipinski definition) is 8. The van der Waals surface area contributed by atoms with Gasteiger partial charge < -0.3 is 19.4 Å². The lowest BCUT2D eigenvalue weighted by Gasteiger charge is -2.19. The van der Waals surface area contributed by atoms with Crippen LogP contribution in [-0.2, 0) is 4.79 Å². The predicted molar refractivity (Wildman–Crippen MR) is 131 cm³/mol. The van der Waals surface area contributed by atoms with Crippen molar-refractivity contribution >= 4 is 44.4 Å². The molecule has 1 N–H and O–H groups in total. The highest BCUT2D eigenvalue weighted by atomic mass is 32.2. The number of benzene rings is 2. The molecule has 0 spiro atoms. The first-order valence-corrected chi connectivity index (χ1v) is 12.3. The van der Waals surface area contributed by atoms with Crippen LogP contribution in [0.3, 0.4) is 0 Å². The molecule has 0 saturated heterocycles. The van der Waals surface area contributed by atoms with Gasteiger partial charge in [0.1, 0.15) is 11.5 Å². The molecule has 2 aromatic heterocycles. The minimum Gasteiger partial charge on any atom is -0.497 e. The van der Waals surface area contributed by atoms with Gasteiger partial charge in [-0.05, 0) is 57.2 Å². The van der Waals surface area contributed by atoms with Gasteiger partial charge in [0.15, 0.2) is 22.2 Å². The normalized spacial score (nSPS) is 12.2. The third-order valence-electron chi connectivity index (χ3n) is 4.82. The summed E-state index contributed by atoms with van der Waals surface area (Å²) in [6, 6.07) is 15.3. The zero-order valence-corrected chi connectivity index (χ0v) is 20.4. The maximum absolute atomic E-state index is 12.5. The zero-order chi connectivity index (χ0) is 23.4. The van der Waals surface area contributed by atoms with Crippen molar-refractivity contribution in [2.75, 3.05) is 18.2 Å². The maximum atomic E-state index is 12.5. The second kappa shape index (κ2) is 10.2. The molecule has 4 aromatic rings. The number of methoxy groups -OCH3 is 1. The minimum atomic E-state index is -0.320. The Balaban J connectivity index is 1.41. The van der Waals surface area contributed by atoms with Crippen LogP contribution in [0.2, 0.25) is 0 Å². The lowest BCUT2D eigenvalue weighted by Crippen LogP contribution is -2.16. The highest BCUT2D eigenvalue weighted by Crippen LogP contribution is 2.29. The number of thioether (sulfide) groups is 1. The van der Waals surface area contributed by atoms with Crippen LogP contribution in [0.25, 0.3) is 10.2 Å². The highest BCUT2D eigenvalue weighted by Gasteiger charge is 2.22. The van der Waals surface area contributed by atoms with Gasteiger partial charge in [-0.3, -0.25) is 4.79 Å². The van der Waals surface area contributed by atoms with E-state index < -0.39 is 0 Å². The monoisotopic (exact) mass is 483 g/mol. The molecule has 33 heavy (non-hydrogen) atoms. The van der Waals surface area contributed by atoms with Crippen LogP contribution in [0.1, 0.15) is 38.7 Å². The summed E-state index contributed by atoms with van der Waals surface area (Å²) in [5.41, 5.74) is 0.875. The quantitative estimate of drug-likeness (QED) is 0.321.